The average Bonchev–Trinajstić information content (AvgIpc) is 2.49. The van der Waals surface area contributed by atoms with Crippen LogP contribution in [0.1, 0.15) is 70.8 Å². The number of hydrogen-bond acceptors (Lipinski definition) is 2. The maximum atomic E-state index is 6.10. The van der Waals surface area contributed by atoms with Crippen LogP contribution in [0.25, 0.3) is 0 Å². The van der Waals surface area contributed by atoms with Crippen molar-refractivity contribution < 1.29 is 4.74 Å². The molecule has 1 aliphatic carbocycles. The smallest absolute Gasteiger partial charge is 0.142 e. The molecule has 0 aromatic heterocycles. The Labute approximate surface area is 136 Å². The van der Waals surface area contributed by atoms with E-state index in [1.54, 1.807) is 0 Å². The van der Waals surface area contributed by atoms with Gasteiger partial charge in [0.15, 0.2) is 0 Å². The molecule has 124 valence electrons. The number of hydrogen-bond donors (Lipinski definition) is 1. The first kappa shape index (κ1) is 17.2. The lowest BCUT2D eigenvalue weighted by molar-refractivity contribution is 0.284. The lowest BCUT2D eigenvalue weighted by Gasteiger charge is -2.21. The van der Waals surface area contributed by atoms with E-state index in [-0.39, 0.29) is 0 Å². The normalized spacial score (nSPS) is 16.1. The number of unbranched alkanes of at least 4 members (excludes halogenated alkanes) is 1. The van der Waals surface area contributed by atoms with Gasteiger partial charge in [0.1, 0.15) is 5.75 Å². The lowest BCUT2D eigenvalue weighted by atomic mass is 9.86. The van der Waals surface area contributed by atoms with E-state index < -0.39 is 0 Å². The molecule has 1 aliphatic rings. The van der Waals surface area contributed by atoms with Crippen molar-refractivity contribution in [2.75, 3.05) is 12.3 Å². The summed E-state index contributed by atoms with van der Waals surface area (Å²) >= 11 is 0. The SMILES string of the molecule is CC(C)Cc1ccc(OCCCCC2CCCCC2)c(N)c1. The molecule has 2 rings (SSSR count). The maximum Gasteiger partial charge on any atom is 0.142 e. The Morgan fingerprint density at radius 2 is 1.91 bits per heavy atom. The summed E-state index contributed by atoms with van der Waals surface area (Å²) in [5.41, 5.74) is 8.19. The number of nitrogen functional groups attached to an aromatic ring is 1. The number of rotatable bonds is 8. The van der Waals surface area contributed by atoms with Crippen molar-refractivity contribution in [1.82, 2.24) is 0 Å². The summed E-state index contributed by atoms with van der Waals surface area (Å²) in [5.74, 6) is 2.49. The Hall–Kier alpha value is -1.18. The second kappa shape index (κ2) is 9.07. The highest BCUT2D eigenvalue weighted by atomic mass is 16.5. The maximum absolute atomic E-state index is 6.10. The Bertz CT molecular complexity index is 435. The van der Waals surface area contributed by atoms with E-state index >= 15 is 0 Å². The van der Waals surface area contributed by atoms with Crippen LogP contribution in [0.5, 0.6) is 5.75 Å². The van der Waals surface area contributed by atoms with Crippen molar-refractivity contribution in [3.63, 3.8) is 0 Å². The first-order valence-corrected chi connectivity index (χ1v) is 9.16. The molecule has 0 unspecified atom stereocenters. The first-order chi connectivity index (χ1) is 10.6. The van der Waals surface area contributed by atoms with E-state index in [1.807, 2.05) is 6.07 Å². The Morgan fingerprint density at radius 3 is 2.59 bits per heavy atom. The molecule has 0 saturated heterocycles. The van der Waals surface area contributed by atoms with E-state index in [2.05, 4.69) is 26.0 Å². The summed E-state index contributed by atoms with van der Waals surface area (Å²) in [6.07, 6.45) is 12.1. The van der Waals surface area contributed by atoms with Crippen LogP contribution in [0.4, 0.5) is 5.69 Å². The van der Waals surface area contributed by atoms with Crippen LogP contribution in [-0.2, 0) is 6.42 Å². The van der Waals surface area contributed by atoms with Crippen LogP contribution in [-0.4, -0.2) is 6.61 Å². The first-order valence-electron chi connectivity index (χ1n) is 9.16. The van der Waals surface area contributed by atoms with Gasteiger partial charge in [0.25, 0.3) is 0 Å². The molecule has 0 atom stereocenters. The minimum Gasteiger partial charge on any atom is -0.491 e. The predicted molar refractivity (Wildman–Crippen MR) is 95.3 cm³/mol. The number of benzene rings is 1. The molecule has 0 bridgehead atoms. The molecule has 0 radical (unpaired) electrons. The van der Waals surface area contributed by atoms with Crippen LogP contribution in [0, 0.1) is 11.8 Å². The fraction of sp³-hybridized carbons (Fsp3) is 0.700. The second-order valence-electron chi connectivity index (χ2n) is 7.32. The Morgan fingerprint density at radius 1 is 1.14 bits per heavy atom. The molecule has 0 spiro atoms. The molecule has 1 aromatic carbocycles. The van der Waals surface area contributed by atoms with Gasteiger partial charge < -0.3 is 10.5 Å². The van der Waals surface area contributed by atoms with Crippen LogP contribution in [0.3, 0.4) is 0 Å². The minimum absolute atomic E-state index is 0.658. The van der Waals surface area contributed by atoms with Crippen molar-refractivity contribution in [2.45, 2.75) is 71.6 Å². The summed E-state index contributed by atoms with van der Waals surface area (Å²) in [6.45, 7) is 5.25. The fourth-order valence-electron chi connectivity index (χ4n) is 3.52. The summed E-state index contributed by atoms with van der Waals surface area (Å²) in [6, 6.07) is 6.25. The van der Waals surface area contributed by atoms with Gasteiger partial charge in [-0.25, -0.2) is 0 Å². The van der Waals surface area contributed by atoms with E-state index in [4.69, 9.17) is 10.5 Å². The second-order valence-corrected chi connectivity index (χ2v) is 7.32. The van der Waals surface area contributed by atoms with Gasteiger partial charge in [0.05, 0.1) is 12.3 Å². The highest BCUT2D eigenvalue weighted by Crippen LogP contribution is 2.28. The van der Waals surface area contributed by atoms with Gasteiger partial charge in [-0.3, -0.25) is 0 Å². The lowest BCUT2D eigenvalue weighted by Crippen LogP contribution is -2.07. The number of anilines is 1. The van der Waals surface area contributed by atoms with Gasteiger partial charge in [-0.15, -0.1) is 0 Å². The molecule has 1 aromatic rings. The van der Waals surface area contributed by atoms with Gasteiger partial charge >= 0.3 is 0 Å². The molecule has 2 N–H and O–H groups in total. The average molecular weight is 303 g/mol. The van der Waals surface area contributed by atoms with Gasteiger partial charge in [-0.05, 0) is 48.8 Å². The molecule has 22 heavy (non-hydrogen) atoms. The van der Waals surface area contributed by atoms with E-state index in [1.165, 1.54) is 50.5 Å². The number of nitrogens with two attached hydrogens (primary N) is 1. The van der Waals surface area contributed by atoms with Gasteiger partial charge in [-0.2, -0.15) is 0 Å². The highest BCUT2D eigenvalue weighted by Gasteiger charge is 2.12. The van der Waals surface area contributed by atoms with Crippen LogP contribution < -0.4 is 10.5 Å². The van der Waals surface area contributed by atoms with Gasteiger partial charge in [0, 0.05) is 0 Å². The van der Waals surface area contributed by atoms with E-state index in [9.17, 15) is 0 Å². The molecule has 0 aliphatic heterocycles. The van der Waals surface area contributed by atoms with Gasteiger partial charge in [0.2, 0.25) is 0 Å². The zero-order valence-electron chi connectivity index (χ0n) is 14.4. The fourth-order valence-corrected chi connectivity index (χ4v) is 3.52. The summed E-state index contributed by atoms with van der Waals surface area (Å²) in [4.78, 5) is 0. The Kier molecular flexibility index (Phi) is 7.08. The molecular weight excluding hydrogens is 270 g/mol. The third-order valence-electron chi connectivity index (χ3n) is 4.71. The topological polar surface area (TPSA) is 35.2 Å². The highest BCUT2D eigenvalue weighted by molar-refractivity contribution is 5.54. The molecule has 0 heterocycles. The van der Waals surface area contributed by atoms with Crippen molar-refractivity contribution in [2.24, 2.45) is 11.8 Å². The van der Waals surface area contributed by atoms with Crippen molar-refractivity contribution in [1.29, 1.82) is 0 Å². The van der Waals surface area contributed by atoms with Crippen LogP contribution in [0.2, 0.25) is 0 Å². The van der Waals surface area contributed by atoms with E-state index in [0.29, 0.717) is 5.92 Å². The summed E-state index contributed by atoms with van der Waals surface area (Å²) < 4.78 is 5.86. The third kappa shape index (κ3) is 5.90. The Balaban J connectivity index is 1.66. The van der Waals surface area contributed by atoms with Crippen molar-refractivity contribution in [3.05, 3.63) is 23.8 Å². The molecule has 0 amide bonds. The molecular formula is C20H33NO. The zero-order valence-corrected chi connectivity index (χ0v) is 14.4. The van der Waals surface area contributed by atoms with Crippen LogP contribution >= 0.6 is 0 Å². The third-order valence-corrected chi connectivity index (χ3v) is 4.71. The molecule has 1 fully saturated rings. The molecule has 2 heteroatoms. The van der Waals surface area contributed by atoms with Gasteiger partial charge in [-0.1, -0.05) is 58.4 Å². The number of ether oxygens (including phenoxy) is 1. The molecule has 2 nitrogen and oxygen atoms in total. The standard InChI is InChI=1S/C20H33NO/c1-16(2)14-18-11-12-20(19(21)15-18)22-13-7-6-10-17-8-4-3-5-9-17/h11-12,15-17H,3-10,13-14,21H2,1-2H3. The van der Waals surface area contributed by atoms with E-state index in [0.717, 1.165) is 36.8 Å². The van der Waals surface area contributed by atoms with Crippen LogP contribution in [0.15, 0.2) is 18.2 Å². The summed E-state index contributed by atoms with van der Waals surface area (Å²) in [5, 5.41) is 0. The van der Waals surface area contributed by atoms with Crippen molar-refractivity contribution >= 4 is 5.69 Å². The largest absolute Gasteiger partial charge is 0.491 e. The molecule has 1 saturated carbocycles. The quantitative estimate of drug-likeness (QED) is 0.501. The minimum atomic E-state index is 0.658. The zero-order chi connectivity index (χ0) is 15.8. The predicted octanol–water partition coefficient (Wildman–Crippen LogP) is 5.60. The summed E-state index contributed by atoms with van der Waals surface area (Å²) in [7, 11) is 0. The van der Waals surface area contributed by atoms with Crippen molar-refractivity contribution in [3.8, 4) is 5.75 Å². The monoisotopic (exact) mass is 303 g/mol.